The van der Waals surface area contributed by atoms with Crippen molar-refractivity contribution in [3.8, 4) is 28.3 Å². The maximum atomic E-state index is 14.4. The summed E-state index contributed by atoms with van der Waals surface area (Å²) >= 11 is 0. The van der Waals surface area contributed by atoms with Crippen molar-refractivity contribution in [1.82, 2.24) is 20.2 Å². The van der Waals surface area contributed by atoms with Crippen molar-refractivity contribution < 1.29 is 14.7 Å². The van der Waals surface area contributed by atoms with Gasteiger partial charge in [-0.3, -0.25) is 20.8 Å². The summed E-state index contributed by atoms with van der Waals surface area (Å²) in [5.41, 5.74) is 5.40. The fourth-order valence-electron chi connectivity index (χ4n) is 2.88. The number of aromatic nitrogens is 3. The van der Waals surface area contributed by atoms with E-state index in [0.717, 1.165) is 17.3 Å². The quantitative estimate of drug-likeness (QED) is 0.334. The summed E-state index contributed by atoms with van der Waals surface area (Å²) in [6.07, 6.45) is 1.88. The minimum atomic E-state index is -0.599. The lowest BCUT2D eigenvalue weighted by atomic mass is 10.00. The Hall–Kier alpha value is -3.13. The molecule has 0 unspecified atom stereocenters. The summed E-state index contributed by atoms with van der Waals surface area (Å²) in [4.78, 5) is 3.99. The zero-order chi connectivity index (χ0) is 18.1. The van der Waals surface area contributed by atoms with Gasteiger partial charge in [0, 0.05) is 31.9 Å². The second-order valence-electron chi connectivity index (χ2n) is 5.63. The fraction of sp³-hybridized carbons (Fsp3) is 0.176. The zero-order valence-corrected chi connectivity index (χ0v) is 14.0. The number of halogens is 1. The Morgan fingerprint density at radius 1 is 1.36 bits per heavy atom. The maximum absolute atomic E-state index is 14.4. The normalized spacial score (nSPS) is 11.8. The van der Waals surface area contributed by atoms with E-state index in [-0.39, 0.29) is 17.1 Å². The third-order valence-corrected chi connectivity index (χ3v) is 4.05. The van der Waals surface area contributed by atoms with Crippen LogP contribution >= 0.6 is 0 Å². The average Bonchev–Trinajstić information content (AvgIpc) is 3.12. The Morgan fingerprint density at radius 2 is 2.12 bits per heavy atom. The molecule has 0 atom stereocenters. The van der Waals surface area contributed by atoms with Crippen molar-refractivity contribution in [1.29, 1.82) is 0 Å². The van der Waals surface area contributed by atoms with Gasteiger partial charge in [-0.1, -0.05) is 0 Å². The number of aliphatic imine (C=N–C) groups is 1. The Labute approximate surface area is 143 Å². The van der Waals surface area contributed by atoms with Crippen molar-refractivity contribution in [3.05, 3.63) is 47.5 Å². The van der Waals surface area contributed by atoms with Crippen LogP contribution in [0.25, 0.3) is 22.5 Å². The molecule has 0 spiro atoms. The SMILES string of the molecule is CN=C(NO)c1[nH]nc(-c2ccc(O)cc2F)c1-c1c(C)ccn1C. The molecule has 0 bridgehead atoms. The average molecular weight is 343 g/mol. The number of H-pyrrole nitrogens is 1. The van der Waals surface area contributed by atoms with Gasteiger partial charge in [0.05, 0.1) is 11.3 Å². The fourth-order valence-corrected chi connectivity index (χ4v) is 2.88. The van der Waals surface area contributed by atoms with E-state index >= 15 is 0 Å². The van der Waals surface area contributed by atoms with E-state index in [1.165, 1.54) is 19.2 Å². The van der Waals surface area contributed by atoms with Crippen LogP contribution < -0.4 is 5.48 Å². The number of phenols is 1. The van der Waals surface area contributed by atoms with Crippen LogP contribution in [-0.2, 0) is 7.05 Å². The molecular formula is C17H18FN5O2. The number of hydrogen-bond donors (Lipinski definition) is 4. The lowest BCUT2D eigenvalue weighted by Crippen LogP contribution is -2.21. The topological polar surface area (TPSA) is 98.5 Å². The molecule has 4 N–H and O–H groups in total. The smallest absolute Gasteiger partial charge is 0.171 e. The van der Waals surface area contributed by atoms with Crippen molar-refractivity contribution in [3.63, 3.8) is 0 Å². The molecule has 2 heterocycles. The highest BCUT2D eigenvalue weighted by Crippen LogP contribution is 2.37. The number of nitrogens with zero attached hydrogens (tertiary/aromatic N) is 3. The summed E-state index contributed by atoms with van der Waals surface area (Å²) in [5, 5.41) is 25.9. The molecule has 130 valence electrons. The third-order valence-electron chi connectivity index (χ3n) is 4.05. The Bertz CT molecular complexity index is 939. The van der Waals surface area contributed by atoms with Crippen LogP contribution in [0.15, 0.2) is 35.5 Å². The summed E-state index contributed by atoms with van der Waals surface area (Å²) in [6.45, 7) is 1.93. The number of aromatic hydroxyl groups is 1. The Kier molecular flexibility index (Phi) is 4.28. The summed E-state index contributed by atoms with van der Waals surface area (Å²) in [7, 11) is 3.38. The van der Waals surface area contributed by atoms with Gasteiger partial charge in [0.1, 0.15) is 23.0 Å². The Morgan fingerprint density at radius 3 is 2.68 bits per heavy atom. The number of hydrogen-bond acceptors (Lipinski definition) is 4. The van der Waals surface area contributed by atoms with Crippen LogP contribution in [0, 0.1) is 12.7 Å². The van der Waals surface area contributed by atoms with Gasteiger partial charge in [0.2, 0.25) is 0 Å². The van der Waals surface area contributed by atoms with Crippen molar-refractivity contribution in [2.24, 2.45) is 12.0 Å². The lowest BCUT2D eigenvalue weighted by Gasteiger charge is -2.11. The molecule has 0 saturated heterocycles. The highest BCUT2D eigenvalue weighted by Gasteiger charge is 2.25. The molecular weight excluding hydrogens is 325 g/mol. The molecule has 0 fully saturated rings. The molecule has 0 amide bonds. The number of aromatic amines is 1. The molecule has 0 saturated carbocycles. The number of nitrogens with one attached hydrogen (secondary N) is 2. The third kappa shape index (κ3) is 2.76. The van der Waals surface area contributed by atoms with Crippen LogP contribution in [0.1, 0.15) is 11.3 Å². The van der Waals surface area contributed by atoms with Crippen molar-refractivity contribution in [2.45, 2.75) is 6.92 Å². The number of rotatable bonds is 3. The van der Waals surface area contributed by atoms with Gasteiger partial charge in [-0.05, 0) is 30.7 Å². The van der Waals surface area contributed by atoms with Gasteiger partial charge in [-0.25, -0.2) is 4.39 Å². The van der Waals surface area contributed by atoms with E-state index in [1.807, 2.05) is 36.3 Å². The molecule has 0 aliphatic rings. The number of amidine groups is 1. The second-order valence-corrected chi connectivity index (χ2v) is 5.63. The first-order chi connectivity index (χ1) is 12.0. The zero-order valence-electron chi connectivity index (χ0n) is 14.0. The minimum absolute atomic E-state index is 0.165. The predicted octanol–water partition coefficient (Wildman–Crippen LogP) is 2.59. The van der Waals surface area contributed by atoms with Crippen LogP contribution in [0.5, 0.6) is 5.75 Å². The highest BCUT2D eigenvalue weighted by atomic mass is 19.1. The summed E-state index contributed by atoms with van der Waals surface area (Å²) in [6, 6.07) is 5.82. The molecule has 7 nitrogen and oxygen atoms in total. The van der Waals surface area contributed by atoms with E-state index in [0.29, 0.717) is 17.0 Å². The molecule has 3 aromatic rings. The van der Waals surface area contributed by atoms with Crippen molar-refractivity contribution in [2.75, 3.05) is 7.05 Å². The second kappa shape index (κ2) is 6.40. The first kappa shape index (κ1) is 16.7. The molecule has 8 heteroatoms. The van der Waals surface area contributed by atoms with Gasteiger partial charge in [0.15, 0.2) is 5.84 Å². The van der Waals surface area contributed by atoms with Gasteiger partial charge < -0.3 is 9.67 Å². The Balaban J connectivity index is 2.34. The number of phenolic OH excluding ortho intramolecular Hbond substituents is 1. The van der Waals surface area contributed by atoms with Crippen molar-refractivity contribution >= 4 is 5.84 Å². The predicted molar refractivity (Wildman–Crippen MR) is 92.2 cm³/mol. The maximum Gasteiger partial charge on any atom is 0.171 e. The number of benzene rings is 1. The van der Waals surface area contributed by atoms with Gasteiger partial charge in [0.25, 0.3) is 0 Å². The molecule has 0 radical (unpaired) electrons. The van der Waals surface area contributed by atoms with E-state index in [9.17, 15) is 14.7 Å². The van der Waals surface area contributed by atoms with E-state index in [4.69, 9.17) is 0 Å². The molecule has 3 rings (SSSR count). The van der Waals surface area contributed by atoms with Gasteiger partial charge in [-0.2, -0.15) is 5.10 Å². The van der Waals surface area contributed by atoms with Gasteiger partial charge in [-0.15, -0.1) is 0 Å². The van der Waals surface area contributed by atoms with E-state index in [2.05, 4.69) is 15.2 Å². The largest absolute Gasteiger partial charge is 0.508 e. The number of aryl methyl sites for hydroxylation is 2. The standard InChI is InChI=1S/C17H18FN5O2/c1-9-6-7-23(3)16(9)13-14(11-5-4-10(24)8-12(11)18)20-21-15(13)17(19-2)22-25/h4-8,24-25H,1-3H3,(H,19,22)(H,20,21). The summed E-state index contributed by atoms with van der Waals surface area (Å²) < 4.78 is 16.3. The van der Waals surface area contributed by atoms with Crippen LogP contribution in [-0.4, -0.2) is 38.0 Å². The lowest BCUT2D eigenvalue weighted by molar-refractivity contribution is 0.234. The van der Waals surface area contributed by atoms with Crippen LogP contribution in [0.3, 0.4) is 0 Å². The first-order valence-corrected chi connectivity index (χ1v) is 7.54. The van der Waals surface area contributed by atoms with Gasteiger partial charge >= 0.3 is 0 Å². The molecule has 2 aromatic heterocycles. The highest BCUT2D eigenvalue weighted by molar-refractivity contribution is 6.05. The monoisotopic (exact) mass is 343 g/mol. The molecule has 0 aliphatic heterocycles. The van der Waals surface area contributed by atoms with E-state index in [1.54, 1.807) is 0 Å². The molecule has 0 aliphatic carbocycles. The summed E-state index contributed by atoms with van der Waals surface area (Å²) in [5.74, 6) is -0.590. The molecule has 25 heavy (non-hydrogen) atoms. The minimum Gasteiger partial charge on any atom is -0.508 e. The molecule has 1 aromatic carbocycles. The van der Waals surface area contributed by atoms with Crippen LogP contribution in [0.2, 0.25) is 0 Å². The van der Waals surface area contributed by atoms with E-state index < -0.39 is 5.82 Å². The first-order valence-electron chi connectivity index (χ1n) is 7.54. The van der Waals surface area contributed by atoms with Crippen LogP contribution in [0.4, 0.5) is 4.39 Å². The number of hydroxylamine groups is 1.